The fraction of sp³-hybridized carbons (Fsp3) is 0.357. The lowest BCUT2D eigenvalue weighted by Gasteiger charge is -2.13. The number of hydrogen-bond donors (Lipinski definition) is 0. The highest BCUT2D eigenvalue weighted by Gasteiger charge is 2.33. The molecule has 0 bridgehead atoms. The fourth-order valence-corrected chi connectivity index (χ4v) is 2.33. The maximum absolute atomic E-state index is 11.7. The van der Waals surface area contributed by atoms with Gasteiger partial charge in [-0.1, -0.05) is 30.3 Å². The normalized spacial score (nSPS) is 23.8. The highest BCUT2D eigenvalue weighted by molar-refractivity contribution is 5.89. The molecule has 1 atom stereocenters. The Bertz CT molecular complexity index is 462. The van der Waals surface area contributed by atoms with Crippen LogP contribution in [0.1, 0.15) is 30.9 Å². The van der Waals surface area contributed by atoms with Crippen molar-refractivity contribution in [3.05, 3.63) is 47.2 Å². The van der Waals surface area contributed by atoms with E-state index in [-0.39, 0.29) is 12.1 Å². The number of benzene rings is 1. The van der Waals surface area contributed by atoms with Gasteiger partial charge in [-0.05, 0) is 12.0 Å². The predicted octanol–water partition coefficient (Wildman–Crippen LogP) is 2.74. The third-order valence-corrected chi connectivity index (χ3v) is 3.21. The Morgan fingerprint density at radius 1 is 1.18 bits per heavy atom. The van der Waals surface area contributed by atoms with Crippen molar-refractivity contribution in [2.75, 3.05) is 6.61 Å². The molecule has 0 saturated heterocycles. The number of carbonyl (C=O) groups excluding carboxylic acids is 1. The molecule has 0 radical (unpaired) electrons. The summed E-state index contributed by atoms with van der Waals surface area (Å²) in [4.78, 5) is 11.7. The molecule has 2 aliphatic rings. The summed E-state index contributed by atoms with van der Waals surface area (Å²) in [5.41, 5.74) is 1.85. The van der Waals surface area contributed by atoms with Crippen LogP contribution in [0.3, 0.4) is 0 Å². The first-order valence-corrected chi connectivity index (χ1v) is 5.95. The molecule has 0 saturated carbocycles. The maximum Gasteiger partial charge on any atom is 0.337 e. The van der Waals surface area contributed by atoms with Crippen LogP contribution in [0.2, 0.25) is 0 Å². The van der Waals surface area contributed by atoms with Crippen LogP contribution in [0, 0.1) is 0 Å². The monoisotopic (exact) mass is 230 g/mol. The SMILES string of the molecule is O=C1OCCCC2=C1CC(c1ccccc1)O2. The van der Waals surface area contributed by atoms with Crippen molar-refractivity contribution in [1.29, 1.82) is 0 Å². The van der Waals surface area contributed by atoms with Crippen LogP contribution >= 0.6 is 0 Å². The van der Waals surface area contributed by atoms with Gasteiger partial charge in [0.25, 0.3) is 0 Å². The van der Waals surface area contributed by atoms with Crippen LogP contribution in [-0.4, -0.2) is 12.6 Å². The summed E-state index contributed by atoms with van der Waals surface area (Å²) >= 11 is 0. The van der Waals surface area contributed by atoms with Gasteiger partial charge in [-0.3, -0.25) is 0 Å². The third kappa shape index (κ3) is 1.93. The molecule has 1 aromatic rings. The molecular weight excluding hydrogens is 216 g/mol. The largest absolute Gasteiger partial charge is 0.489 e. The molecule has 1 unspecified atom stereocenters. The lowest BCUT2D eigenvalue weighted by molar-refractivity contribution is -0.138. The Kier molecular flexibility index (Phi) is 2.59. The summed E-state index contributed by atoms with van der Waals surface area (Å²) < 4.78 is 11.0. The van der Waals surface area contributed by atoms with Crippen LogP contribution in [0.15, 0.2) is 41.7 Å². The van der Waals surface area contributed by atoms with Crippen LogP contribution in [0.4, 0.5) is 0 Å². The molecule has 17 heavy (non-hydrogen) atoms. The van der Waals surface area contributed by atoms with E-state index in [1.165, 1.54) is 0 Å². The van der Waals surface area contributed by atoms with Gasteiger partial charge < -0.3 is 9.47 Å². The molecule has 0 fully saturated rings. The van der Waals surface area contributed by atoms with Gasteiger partial charge in [-0.2, -0.15) is 0 Å². The quantitative estimate of drug-likeness (QED) is 0.696. The summed E-state index contributed by atoms with van der Waals surface area (Å²) in [6.45, 7) is 0.505. The average Bonchev–Trinajstić information content (AvgIpc) is 2.72. The van der Waals surface area contributed by atoms with E-state index < -0.39 is 0 Å². The Labute approximate surface area is 100 Å². The molecule has 0 N–H and O–H groups in total. The van der Waals surface area contributed by atoms with E-state index >= 15 is 0 Å². The topological polar surface area (TPSA) is 35.5 Å². The van der Waals surface area contributed by atoms with Crippen molar-refractivity contribution in [1.82, 2.24) is 0 Å². The number of allylic oxidation sites excluding steroid dienone is 1. The number of esters is 1. The molecule has 2 heterocycles. The van der Waals surface area contributed by atoms with Crippen molar-refractivity contribution in [2.45, 2.75) is 25.4 Å². The van der Waals surface area contributed by atoms with Gasteiger partial charge in [0.2, 0.25) is 0 Å². The number of cyclic esters (lactones) is 1. The van der Waals surface area contributed by atoms with Gasteiger partial charge in [0.05, 0.1) is 12.2 Å². The molecule has 88 valence electrons. The second kappa shape index (κ2) is 4.24. The third-order valence-electron chi connectivity index (χ3n) is 3.21. The highest BCUT2D eigenvalue weighted by atomic mass is 16.5. The smallest absolute Gasteiger partial charge is 0.337 e. The van der Waals surface area contributed by atoms with Crippen LogP contribution in [-0.2, 0) is 14.3 Å². The number of ether oxygens (including phenoxy) is 2. The highest BCUT2D eigenvalue weighted by Crippen LogP contribution is 2.39. The average molecular weight is 230 g/mol. The summed E-state index contributed by atoms with van der Waals surface area (Å²) in [5.74, 6) is 0.636. The number of carbonyl (C=O) groups is 1. The summed E-state index contributed by atoms with van der Waals surface area (Å²) in [6.07, 6.45) is 2.28. The van der Waals surface area contributed by atoms with Crippen molar-refractivity contribution >= 4 is 5.97 Å². The molecule has 3 rings (SSSR count). The molecule has 2 aliphatic heterocycles. The maximum atomic E-state index is 11.7. The lowest BCUT2D eigenvalue weighted by atomic mass is 10.0. The zero-order chi connectivity index (χ0) is 11.7. The lowest BCUT2D eigenvalue weighted by Crippen LogP contribution is -2.07. The van der Waals surface area contributed by atoms with Gasteiger partial charge in [-0.25, -0.2) is 4.79 Å². The first-order chi connectivity index (χ1) is 8.34. The van der Waals surface area contributed by atoms with Gasteiger partial charge in [0, 0.05) is 12.8 Å². The molecule has 0 aromatic heterocycles. The standard InChI is InChI=1S/C14H14O3/c15-14-11-9-13(10-5-2-1-3-6-10)17-12(11)7-4-8-16-14/h1-3,5-6,13H,4,7-9H2. The molecule has 3 heteroatoms. The Hall–Kier alpha value is -1.77. The van der Waals surface area contributed by atoms with Crippen molar-refractivity contribution in [2.24, 2.45) is 0 Å². The summed E-state index contributed by atoms with van der Waals surface area (Å²) in [6, 6.07) is 10.0. The van der Waals surface area contributed by atoms with Crippen LogP contribution in [0.25, 0.3) is 0 Å². The molecular formula is C14H14O3. The minimum Gasteiger partial charge on any atom is -0.489 e. The second-order valence-corrected chi connectivity index (χ2v) is 4.36. The predicted molar refractivity (Wildman–Crippen MR) is 62.1 cm³/mol. The van der Waals surface area contributed by atoms with E-state index in [1.54, 1.807) is 0 Å². The zero-order valence-corrected chi connectivity index (χ0v) is 9.52. The van der Waals surface area contributed by atoms with E-state index in [0.29, 0.717) is 13.0 Å². The van der Waals surface area contributed by atoms with E-state index in [4.69, 9.17) is 9.47 Å². The zero-order valence-electron chi connectivity index (χ0n) is 9.52. The summed E-state index contributed by atoms with van der Waals surface area (Å²) in [5, 5.41) is 0. The van der Waals surface area contributed by atoms with E-state index in [1.807, 2.05) is 30.3 Å². The molecule has 0 spiro atoms. The van der Waals surface area contributed by atoms with Crippen molar-refractivity contribution in [3.8, 4) is 0 Å². The Morgan fingerprint density at radius 3 is 2.82 bits per heavy atom. The van der Waals surface area contributed by atoms with Gasteiger partial charge in [0.1, 0.15) is 11.9 Å². The molecule has 1 aromatic carbocycles. The van der Waals surface area contributed by atoms with Gasteiger partial charge in [0.15, 0.2) is 0 Å². The minimum absolute atomic E-state index is 0.0214. The van der Waals surface area contributed by atoms with Crippen LogP contribution in [0.5, 0.6) is 0 Å². The first kappa shape index (κ1) is 10.4. The number of hydrogen-bond acceptors (Lipinski definition) is 3. The second-order valence-electron chi connectivity index (χ2n) is 4.36. The van der Waals surface area contributed by atoms with Crippen LogP contribution < -0.4 is 0 Å². The summed E-state index contributed by atoms with van der Waals surface area (Å²) in [7, 11) is 0. The van der Waals surface area contributed by atoms with Crippen molar-refractivity contribution in [3.63, 3.8) is 0 Å². The Morgan fingerprint density at radius 2 is 2.00 bits per heavy atom. The fourth-order valence-electron chi connectivity index (χ4n) is 2.33. The molecule has 3 nitrogen and oxygen atoms in total. The first-order valence-electron chi connectivity index (χ1n) is 5.95. The van der Waals surface area contributed by atoms with E-state index in [2.05, 4.69) is 0 Å². The van der Waals surface area contributed by atoms with Gasteiger partial charge >= 0.3 is 5.97 Å². The van der Waals surface area contributed by atoms with Crippen molar-refractivity contribution < 1.29 is 14.3 Å². The van der Waals surface area contributed by atoms with E-state index in [9.17, 15) is 4.79 Å². The molecule has 0 amide bonds. The van der Waals surface area contributed by atoms with E-state index in [0.717, 1.165) is 29.7 Å². The number of rotatable bonds is 1. The van der Waals surface area contributed by atoms with Gasteiger partial charge in [-0.15, -0.1) is 0 Å². The minimum atomic E-state index is -0.198. The molecule has 0 aliphatic carbocycles. The Balaban J connectivity index is 1.82.